The third-order valence-electron chi connectivity index (χ3n) is 5.98. The fraction of sp³-hybridized carbons (Fsp3) is 0.667. The number of hydrogen-bond donors (Lipinski definition) is 1. The van der Waals surface area contributed by atoms with Gasteiger partial charge in [0.05, 0.1) is 10.7 Å². The molecular weight excluding hydrogens is 362 g/mol. The maximum Gasteiger partial charge on any atom is 0.173 e. The lowest BCUT2D eigenvalue weighted by molar-refractivity contribution is 0.148. The van der Waals surface area contributed by atoms with Gasteiger partial charge in [0, 0.05) is 19.1 Å². The van der Waals surface area contributed by atoms with E-state index in [1.165, 1.54) is 64.6 Å². The van der Waals surface area contributed by atoms with Crippen molar-refractivity contribution in [3.63, 3.8) is 0 Å². The van der Waals surface area contributed by atoms with Crippen LogP contribution in [-0.2, 0) is 0 Å². The Balaban J connectivity index is 1.62. The van der Waals surface area contributed by atoms with E-state index in [4.69, 9.17) is 23.8 Å². The lowest BCUT2D eigenvalue weighted by Crippen LogP contribution is -2.49. The second-order valence-corrected chi connectivity index (χ2v) is 8.55. The van der Waals surface area contributed by atoms with E-state index in [1.807, 2.05) is 24.3 Å². The van der Waals surface area contributed by atoms with Crippen LogP contribution in [0.15, 0.2) is 24.3 Å². The number of hydrogen-bond acceptors (Lipinski definition) is 2. The van der Waals surface area contributed by atoms with Gasteiger partial charge in [-0.3, -0.25) is 0 Å². The third kappa shape index (κ3) is 5.34. The molecule has 0 bridgehead atoms. The van der Waals surface area contributed by atoms with E-state index >= 15 is 0 Å². The Kier molecular flexibility index (Phi) is 7.59. The molecule has 3 rings (SSSR count). The fourth-order valence-electron chi connectivity index (χ4n) is 4.25. The smallest absolute Gasteiger partial charge is 0.173 e. The lowest BCUT2D eigenvalue weighted by atomic mass is 9.89. The number of nitrogens with one attached hydrogen (secondary N) is 1. The van der Waals surface area contributed by atoms with Gasteiger partial charge in [0.2, 0.25) is 0 Å². The fourth-order valence-corrected chi connectivity index (χ4v) is 4.77. The van der Waals surface area contributed by atoms with Crippen molar-refractivity contribution in [2.24, 2.45) is 5.92 Å². The number of benzene rings is 1. The monoisotopic (exact) mass is 393 g/mol. The standard InChI is InChI=1S/C21H32ClN3S/c1-2-17-10-11-18(12-15-24-13-6-3-7-14-24)25(16-17)21(26)23-20-9-5-4-8-19(20)22/h4-5,8-9,17-18H,2-3,6-7,10-16H2,1H3,(H,23,26). The minimum atomic E-state index is 0.544. The molecule has 0 amide bonds. The zero-order chi connectivity index (χ0) is 18.4. The summed E-state index contributed by atoms with van der Waals surface area (Å²) in [5.41, 5.74) is 0.910. The normalized spacial score (nSPS) is 24.5. The first-order valence-corrected chi connectivity index (χ1v) is 11.0. The number of nitrogens with zero attached hydrogens (tertiary/aromatic N) is 2. The number of piperidine rings is 2. The van der Waals surface area contributed by atoms with Crippen LogP contribution in [0.25, 0.3) is 0 Å². The van der Waals surface area contributed by atoms with Crippen molar-refractivity contribution < 1.29 is 0 Å². The summed E-state index contributed by atoms with van der Waals surface area (Å²) in [5, 5.41) is 4.96. The molecule has 5 heteroatoms. The van der Waals surface area contributed by atoms with Crippen LogP contribution < -0.4 is 5.32 Å². The number of para-hydroxylation sites is 1. The Morgan fingerprint density at radius 1 is 1.19 bits per heavy atom. The molecule has 2 fully saturated rings. The SMILES string of the molecule is CCC1CCC(CCN2CCCCC2)N(C(=S)Nc2ccccc2Cl)C1. The van der Waals surface area contributed by atoms with Crippen molar-refractivity contribution in [3.8, 4) is 0 Å². The van der Waals surface area contributed by atoms with Crippen LogP contribution in [0.4, 0.5) is 5.69 Å². The predicted molar refractivity (Wildman–Crippen MR) is 116 cm³/mol. The highest BCUT2D eigenvalue weighted by Crippen LogP contribution is 2.28. The Morgan fingerprint density at radius 3 is 2.69 bits per heavy atom. The Bertz CT molecular complexity index is 588. The molecule has 2 unspecified atom stereocenters. The van der Waals surface area contributed by atoms with Gasteiger partial charge in [-0.05, 0) is 75.5 Å². The van der Waals surface area contributed by atoms with Crippen molar-refractivity contribution in [2.45, 2.75) is 57.9 Å². The molecule has 0 saturated carbocycles. The minimum absolute atomic E-state index is 0.544. The molecular formula is C21H32ClN3S. The zero-order valence-electron chi connectivity index (χ0n) is 15.9. The molecule has 3 nitrogen and oxygen atoms in total. The van der Waals surface area contributed by atoms with Crippen molar-refractivity contribution in [1.82, 2.24) is 9.80 Å². The van der Waals surface area contributed by atoms with Crippen LogP contribution in [-0.4, -0.2) is 47.1 Å². The van der Waals surface area contributed by atoms with Gasteiger partial charge in [0.1, 0.15) is 0 Å². The van der Waals surface area contributed by atoms with Gasteiger partial charge < -0.3 is 15.1 Å². The predicted octanol–water partition coefficient (Wildman–Crippen LogP) is 5.40. The van der Waals surface area contributed by atoms with Crippen LogP contribution >= 0.6 is 23.8 Å². The number of likely N-dealkylation sites (tertiary alicyclic amines) is 2. The van der Waals surface area contributed by atoms with E-state index in [9.17, 15) is 0 Å². The average molecular weight is 394 g/mol. The summed E-state index contributed by atoms with van der Waals surface area (Å²) in [6.07, 6.45) is 9.13. The topological polar surface area (TPSA) is 18.5 Å². The Labute approximate surface area is 169 Å². The van der Waals surface area contributed by atoms with E-state index in [2.05, 4.69) is 22.0 Å². The van der Waals surface area contributed by atoms with Crippen molar-refractivity contribution >= 4 is 34.6 Å². The molecule has 0 aromatic heterocycles. The van der Waals surface area contributed by atoms with Gasteiger partial charge in [-0.15, -0.1) is 0 Å². The van der Waals surface area contributed by atoms with Gasteiger partial charge in [-0.1, -0.05) is 43.5 Å². The van der Waals surface area contributed by atoms with Crippen LogP contribution in [0.3, 0.4) is 0 Å². The second-order valence-electron chi connectivity index (χ2n) is 7.76. The van der Waals surface area contributed by atoms with Gasteiger partial charge in [-0.2, -0.15) is 0 Å². The first-order valence-electron chi connectivity index (χ1n) is 10.2. The quantitative estimate of drug-likeness (QED) is 0.674. The van der Waals surface area contributed by atoms with E-state index < -0.39 is 0 Å². The maximum atomic E-state index is 6.31. The molecule has 2 saturated heterocycles. The minimum Gasteiger partial charge on any atom is -0.346 e. The van der Waals surface area contributed by atoms with Crippen LogP contribution in [0.1, 0.15) is 51.9 Å². The van der Waals surface area contributed by atoms with E-state index in [-0.39, 0.29) is 0 Å². The molecule has 0 spiro atoms. The molecule has 1 N–H and O–H groups in total. The summed E-state index contributed by atoms with van der Waals surface area (Å²) in [6, 6.07) is 8.40. The molecule has 2 heterocycles. The van der Waals surface area contributed by atoms with E-state index in [1.54, 1.807) is 0 Å². The molecule has 1 aromatic rings. The summed E-state index contributed by atoms with van der Waals surface area (Å²) in [7, 11) is 0. The average Bonchev–Trinajstić information content (AvgIpc) is 2.68. The highest BCUT2D eigenvalue weighted by atomic mass is 35.5. The second kappa shape index (κ2) is 9.91. The molecule has 2 aliphatic rings. The molecule has 2 atom stereocenters. The van der Waals surface area contributed by atoms with Crippen molar-refractivity contribution in [1.29, 1.82) is 0 Å². The highest BCUT2D eigenvalue weighted by molar-refractivity contribution is 7.80. The maximum absolute atomic E-state index is 6.31. The molecule has 0 radical (unpaired) electrons. The largest absolute Gasteiger partial charge is 0.346 e. The van der Waals surface area contributed by atoms with Gasteiger partial charge in [0.25, 0.3) is 0 Å². The summed E-state index contributed by atoms with van der Waals surface area (Å²) in [4.78, 5) is 5.08. The van der Waals surface area contributed by atoms with E-state index in [0.29, 0.717) is 6.04 Å². The van der Waals surface area contributed by atoms with Gasteiger partial charge in [-0.25, -0.2) is 0 Å². The van der Waals surface area contributed by atoms with Crippen LogP contribution in [0.2, 0.25) is 5.02 Å². The molecule has 0 aliphatic carbocycles. The zero-order valence-corrected chi connectivity index (χ0v) is 17.5. The van der Waals surface area contributed by atoms with Crippen LogP contribution in [0.5, 0.6) is 0 Å². The van der Waals surface area contributed by atoms with E-state index in [0.717, 1.165) is 28.3 Å². The number of thiocarbonyl (C=S) groups is 1. The number of anilines is 1. The molecule has 2 aliphatic heterocycles. The number of rotatable bonds is 5. The highest BCUT2D eigenvalue weighted by Gasteiger charge is 2.29. The summed E-state index contributed by atoms with van der Waals surface area (Å²) < 4.78 is 0. The van der Waals surface area contributed by atoms with Gasteiger partial charge in [0.15, 0.2) is 5.11 Å². The Hall–Kier alpha value is -0.840. The summed E-state index contributed by atoms with van der Waals surface area (Å²) >= 11 is 12.1. The molecule has 26 heavy (non-hydrogen) atoms. The molecule has 1 aromatic carbocycles. The number of halogens is 1. The first-order chi connectivity index (χ1) is 12.7. The van der Waals surface area contributed by atoms with Crippen molar-refractivity contribution in [2.75, 3.05) is 31.5 Å². The third-order valence-corrected chi connectivity index (χ3v) is 6.65. The summed E-state index contributed by atoms with van der Waals surface area (Å²) in [6.45, 7) is 7.10. The first kappa shape index (κ1) is 19.9. The van der Waals surface area contributed by atoms with Crippen LogP contribution in [0, 0.1) is 5.92 Å². The van der Waals surface area contributed by atoms with Crippen molar-refractivity contribution in [3.05, 3.63) is 29.3 Å². The molecule has 144 valence electrons. The van der Waals surface area contributed by atoms with Gasteiger partial charge >= 0.3 is 0 Å². The summed E-state index contributed by atoms with van der Waals surface area (Å²) in [5.74, 6) is 0.743. The lowest BCUT2D eigenvalue weighted by Gasteiger charge is -2.42. The Morgan fingerprint density at radius 2 is 1.96 bits per heavy atom.